The number of likely N-dealkylation sites (tertiary alicyclic amines) is 1. The van der Waals surface area contributed by atoms with Crippen molar-refractivity contribution in [3.8, 4) is 0 Å². The van der Waals surface area contributed by atoms with E-state index in [1.54, 1.807) is 23.1 Å². The van der Waals surface area contributed by atoms with Crippen molar-refractivity contribution in [1.29, 1.82) is 0 Å². The standard InChI is InChI=1S/C22H22ClN3O3/c23-17-9-5-4-8-16(17)13-24-19(27)18-12-22(21(29)25-18)10-11-26(14-22)20(28)15-6-2-1-3-7-15/h1-9,18H,10-14H2,(H,24,27)(H,25,29)/t18-,22-/m0/s1. The van der Waals surface area contributed by atoms with Crippen molar-refractivity contribution in [2.75, 3.05) is 13.1 Å². The number of rotatable bonds is 4. The number of hydrogen-bond donors (Lipinski definition) is 2. The fourth-order valence-electron chi connectivity index (χ4n) is 4.11. The molecule has 0 unspecified atom stereocenters. The van der Waals surface area contributed by atoms with Gasteiger partial charge in [-0.2, -0.15) is 0 Å². The van der Waals surface area contributed by atoms with Crippen molar-refractivity contribution < 1.29 is 14.4 Å². The van der Waals surface area contributed by atoms with E-state index in [1.165, 1.54) is 0 Å². The molecule has 2 N–H and O–H groups in total. The number of benzene rings is 2. The van der Waals surface area contributed by atoms with Gasteiger partial charge in [0, 0.05) is 30.2 Å². The molecule has 2 aliphatic rings. The second-order valence-electron chi connectivity index (χ2n) is 7.66. The summed E-state index contributed by atoms with van der Waals surface area (Å²) in [5.74, 6) is -0.469. The summed E-state index contributed by atoms with van der Waals surface area (Å²) in [6, 6.07) is 15.7. The van der Waals surface area contributed by atoms with Gasteiger partial charge in [0.05, 0.1) is 5.41 Å². The number of amides is 3. The summed E-state index contributed by atoms with van der Waals surface area (Å²) in [4.78, 5) is 39.7. The summed E-state index contributed by atoms with van der Waals surface area (Å²) >= 11 is 6.13. The largest absolute Gasteiger partial charge is 0.350 e. The molecule has 2 heterocycles. The number of halogens is 1. The SMILES string of the molecule is O=C(NCc1ccccc1Cl)[C@@H]1C[C@]2(CCN(C(=O)c3ccccc3)C2)C(=O)N1. The van der Waals surface area contributed by atoms with E-state index >= 15 is 0 Å². The molecule has 150 valence electrons. The van der Waals surface area contributed by atoms with E-state index in [0.29, 0.717) is 43.1 Å². The number of hydrogen-bond acceptors (Lipinski definition) is 3. The maximum atomic E-state index is 12.7. The second-order valence-corrected chi connectivity index (χ2v) is 8.07. The molecule has 0 aliphatic carbocycles. The number of carbonyl (C=O) groups excluding carboxylic acids is 3. The fourth-order valence-corrected chi connectivity index (χ4v) is 4.31. The molecule has 6 nitrogen and oxygen atoms in total. The number of carbonyl (C=O) groups is 3. The highest BCUT2D eigenvalue weighted by atomic mass is 35.5. The van der Waals surface area contributed by atoms with Crippen LogP contribution in [-0.4, -0.2) is 41.8 Å². The Balaban J connectivity index is 1.38. The second kappa shape index (κ2) is 7.87. The van der Waals surface area contributed by atoms with Gasteiger partial charge in [-0.15, -0.1) is 0 Å². The molecule has 1 spiro atoms. The molecule has 0 saturated carbocycles. The minimum absolute atomic E-state index is 0.0816. The summed E-state index contributed by atoms with van der Waals surface area (Å²) in [7, 11) is 0. The molecule has 2 aromatic rings. The molecule has 29 heavy (non-hydrogen) atoms. The van der Waals surface area contributed by atoms with E-state index in [2.05, 4.69) is 10.6 Å². The smallest absolute Gasteiger partial charge is 0.253 e. The lowest BCUT2D eigenvalue weighted by molar-refractivity contribution is -0.128. The molecule has 0 aromatic heterocycles. The molecule has 2 aliphatic heterocycles. The van der Waals surface area contributed by atoms with E-state index in [1.807, 2.05) is 36.4 Å². The molecule has 2 atom stereocenters. The minimum atomic E-state index is -0.698. The van der Waals surface area contributed by atoms with E-state index in [4.69, 9.17) is 11.6 Å². The molecule has 0 radical (unpaired) electrons. The van der Waals surface area contributed by atoms with Gasteiger partial charge in [0.15, 0.2) is 0 Å². The molecule has 0 bridgehead atoms. The van der Waals surface area contributed by atoms with Crippen molar-refractivity contribution in [3.63, 3.8) is 0 Å². The Morgan fingerprint density at radius 2 is 1.86 bits per heavy atom. The molecule has 2 fully saturated rings. The summed E-state index contributed by atoms with van der Waals surface area (Å²) in [6.45, 7) is 1.15. The van der Waals surface area contributed by atoms with Gasteiger partial charge in [-0.25, -0.2) is 0 Å². The summed E-state index contributed by atoms with van der Waals surface area (Å²) in [6.07, 6.45) is 0.949. The number of nitrogens with zero attached hydrogens (tertiary/aromatic N) is 1. The Labute approximate surface area is 174 Å². The summed E-state index contributed by atoms with van der Waals surface area (Å²) in [5.41, 5.74) is 0.732. The van der Waals surface area contributed by atoms with Gasteiger partial charge >= 0.3 is 0 Å². The average molecular weight is 412 g/mol. The average Bonchev–Trinajstić information content (AvgIpc) is 3.31. The molecule has 4 rings (SSSR count). The van der Waals surface area contributed by atoms with Gasteiger partial charge in [-0.3, -0.25) is 14.4 Å². The van der Waals surface area contributed by atoms with Crippen LogP contribution < -0.4 is 10.6 Å². The first-order valence-corrected chi connectivity index (χ1v) is 10.0. The van der Waals surface area contributed by atoms with Crippen LogP contribution in [0.3, 0.4) is 0 Å². The topological polar surface area (TPSA) is 78.5 Å². The van der Waals surface area contributed by atoms with Crippen LogP contribution in [-0.2, 0) is 16.1 Å². The van der Waals surface area contributed by atoms with Gasteiger partial charge in [0.25, 0.3) is 5.91 Å². The molecule has 2 saturated heterocycles. The van der Waals surface area contributed by atoms with Gasteiger partial charge in [-0.05, 0) is 36.6 Å². The highest BCUT2D eigenvalue weighted by Gasteiger charge is 2.53. The first kappa shape index (κ1) is 19.5. The first-order chi connectivity index (χ1) is 14.0. The van der Waals surface area contributed by atoms with Crippen molar-refractivity contribution in [3.05, 3.63) is 70.7 Å². The molecule has 7 heteroatoms. The summed E-state index contributed by atoms with van der Waals surface area (Å²) < 4.78 is 0. The Morgan fingerprint density at radius 3 is 2.62 bits per heavy atom. The molecule has 3 amide bonds. The van der Waals surface area contributed by atoms with Gasteiger partial charge in [0.1, 0.15) is 6.04 Å². The van der Waals surface area contributed by atoms with Crippen LogP contribution in [0.5, 0.6) is 0 Å². The van der Waals surface area contributed by atoms with E-state index in [-0.39, 0.29) is 17.7 Å². The molecular formula is C22H22ClN3O3. The monoisotopic (exact) mass is 411 g/mol. The van der Waals surface area contributed by atoms with Crippen LogP contribution in [0.15, 0.2) is 54.6 Å². The zero-order valence-corrected chi connectivity index (χ0v) is 16.6. The highest BCUT2D eigenvalue weighted by Crippen LogP contribution is 2.40. The zero-order chi connectivity index (χ0) is 20.4. The Hall–Kier alpha value is -2.86. The Morgan fingerprint density at radius 1 is 1.14 bits per heavy atom. The van der Waals surface area contributed by atoms with Crippen LogP contribution in [0.4, 0.5) is 0 Å². The van der Waals surface area contributed by atoms with Crippen LogP contribution in [0.2, 0.25) is 5.02 Å². The highest BCUT2D eigenvalue weighted by molar-refractivity contribution is 6.31. The Kier molecular flexibility index (Phi) is 5.28. The molecule has 2 aromatic carbocycles. The number of nitrogens with one attached hydrogen (secondary N) is 2. The third-order valence-electron chi connectivity index (χ3n) is 5.77. The normalized spacial score (nSPS) is 23.3. The fraction of sp³-hybridized carbons (Fsp3) is 0.318. The maximum Gasteiger partial charge on any atom is 0.253 e. The minimum Gasteiger partial charge on any atom is -0.350 e. The van der Waals surface area contributed by atoms with E-state index in [9.17, 15) is 14.4 Å². The third-order valence-corrected chi connectivity index (χ3v) is 6.14. The van der Waals surface area contributed by atoms with E-state index < -0.39 is 11.5 Å². The third kappa shape index (κ3) is 3.85. The zero-order valence-electron chi connectivity index (χ0n) is 15.9. The maximum absolute atomic E-state index is 12.7. The van der Waals surface area contributed by atoms with Crippen molar-refractivity contribution >= 4 is 29.3 Å². The predicted molar refractivity (Wildman–Crippen MR) is 109 cm³/mol. The van der Waals surface area contributed by atoms with Crippen LogP contribution in [0.1, 0.15) is 28.8 Å². The predicted octanol–water partition coefficient (Wildman–Crippen LogP) is 2.38. The Bertz CT molecular complexity index is 949. The van der Waals surface area contributed by atoms with Crippen LogP contribution >= 0.6 is 11.6 Å². The summed E-state index contributed by atoms with van der Waals surface area (Å²) in [5, 5.41) is 6.25. The van der Waals surface area contributed by atoms with Crippen molar-refractivity contribution in [2.45, 2.75) is 25.4 Å². The quantitative estimate of drug-likeness (QED) is 0.810. The molecular weight excluding hydrogens is 390 g/mol. The van der Waals surface area contributed by atoms with Crippen molar-refractivity contribution in [1.82, 2.24) is 15.5 Å². The van der Waals surface area contributed by atoms with Crippen LogP contribution in [0, 0.1) is 5.41 Å². The van der Waals surface area contributed by atoms with Gasteiger partial charge in [0.2, 0.25) is 11.8 Å². The van der Waals surface area contributed by atoms with Crippen LogP contribution in [0.25, 0.3) is 0 Å². The lowest BCUT2D eigenvalue weighted by atomic mass is 9.84. The van der Waals surface area contributed by atoms with Gasteiger partial charge in [-0.1, -0.05) is 48.0 Å². The van der Waals surface area contributed by atoms with Gasteiger partial charge < -0.3 is 15.5 Å². The van der Waals surface area contributed by atoms with Crippen molar-refractivity contribution in [2.24, 2.45) is 5.41 Å². The lowest BCUT2D eigenvalue weighted by Gasteiger charge is -2.21. The van der Waals surface area contributed by atoms with E-state index in [0.717, 1.165) is 5.56 Å². The first-order valence-electron chi connectivity index (χ1n) is 9.65. The lowest BCUT2D eigenvalue weighted by Crippen LogP contribution is -2.41.